The Morgan fingerprint density at radius 2 is 2.05 bits per heavy atom. The van der Waals surface area contributed by atoms with Crippen molar-refractivity contribution in [2.24, 2.45) is 0 Å². The van der Waals surface area contributed by atoms with Crippen molar-refractivity contribution >= 4 is 11.7 Å². The second kappa shape index (κ2) is 7.09. The van der Waals surface area contributed by atoms with Crippen LogP contribution in [0.3, 0.4) is 0 Å². The molecule has 0 fully saturated rings. The number of anilines is 1. The first-order valence-electron chi connectivity index (χ1n) is 7.13. The maximum absolute atomic E-state index is 11.9. The molecule has 0 bridgehead atoms. The second-order valence-corrected chi connectivity index (χ2v) is 5.60. The molecule has 1 heterocycles. The summed E-state index contributed by atoms with van der Waals surface area (Å²) in [6.45, 7) is 4.74. The zero-order chi connectivity index (χ0) is 16.1. The number of carbonyl (C=O) groups is 1. The zero-order valence-corrected chi connectivity index (χ0v) is 13.4. The lowest BCUT2D eigenvalue weighted by atomic mass is 10.1. The SMILES string of the molecule is Cc1ccc(OCC(=O)Nc2cc(CN(C)C)[nH]n2)cc1C. The number of nitrogens with zero attached hydrogens (tertiary/aromatic N) is 2. The summed E-state index contributed by atoms with van der Waals surface area (Å²) in [6, 6.07) is 7.57. The quantitative estimate of drug-likeness (QED) is 0.857. The number of amides is 1. The van der Waals surface area contributed by atoms with Crippen molar-refractivity contribution in [1.82, 2.24) is 15.1 Å². The lowest BCUT2D eigenvalue weighted by Crippen LogP contribution is -2.20. The zero-order valence-electron chi connectivity index (χ0n) is 13.4. The number of nitrogens with one attached hydrogen (secondary N) is 2. The van der Waals surface area contributed by atoms with Gasteiger partial charge in [0.05, 0.1) is 5.69 Å². The highest BCUT2D eigenvalue weighted by Gasteiger charge is 2.08. The van der Waals surface area contributed by atoms with E-state index in [4.69, 9.17) is 4.74 Å². The Bertz CT molecular complexity index is 649. The molecule has 2 N–H and O–H groups in total. The summed E-state index contributed by atoms with van der Waals surface area (Å²) in [5.41, 5.74) is 3.27. The number of ether oxygens (including phenoxy) is 1. The summed E-state index contributed by atoms with van der Waals surface area (Å²) in [7, 11) is 3.94. The largest absolute Gasteiger partial charge is 0.484 e. The molecule has 1 amide bonds. The molecule has 0 radical (unpaired) electrons. The third-order valence-corrected chi connectivity index (χ3v) is 3.23. The molecule has 0 saturated heterocycles. The normalized spacial score (nSPS) is 10.8. The third-order valence-electron chi connectivity index (χ3n) is 3.23. The van der Waals surface area contributed by atoms with Gasteiger partial charge in [0, 0.05) is 12.6 Å². The van der Waals surface area contributed by atoms with Crippen LogP contribution in [0.15, 0.2) is 24.3 Å². The van der Waals surface area contributed by atoms with Gasteiger partial charge in [0.25, 0.3) is 5.91 Å². The minimum atomic E-state index is -0.235. The van der Waals surface area contributed by atoms with Crippen molar-refractivity contribution in [1.29, 1.82) is 0 Å². The number of benzene rings is 1. The van der Waals surface area contributed by atoms with Crippen LogP contribution < -0.4 is 10.1 Å². The summed E-state index contributed by atoms with van der Waals surface area (Å²) in [5, 5.41) is 9.64. The molecule has 118 valence electrons. The number of carbonyl (C=O) groups excluding carboxylic acids is 1. The number of aromatic amines is 1. The van der Waals surface area contributed by atoms with Crippen LogP contribution in [0.25, 0.3) is 0 Å². The number of aryl methyl sites for hydroxylation is 2. The van der Waals surface area contributed by atoms with Crippen molar-refractivity contribution in [2.45, 2.75) is 20.4 Å². The smallest absolute Gasteiger partial charge is 0.263 e. The van der Waals surface area contributed by atoms with Crippen LogP contribution in [-0.2, 0) is 11.3 Å². The molecule has 0 unspecified atom stereocenters. The van der Waals surface area contributed by atoms with Crippen LogP contribution in [0.5, 0.6) is 5.75 Å². The number of hydrogen-bond donors (Lipinski definition) is 2. The lowest BCUT2D eigenvalue weighted by molar-refractivity contribution is -0.118. The molecule has 1 aromatic heterocycles. The maximum Gasteiger partial charge on any atom is 0.263 e. The van der Waals surface area contributed by atoms with Gasteiger partial charge in [0.15, 0.2) is 12.4 Å². The topological polar surface area (TPSA) is 70.2 Å². The fourth-order valence-electron chi connectivity index (χ4n) is 1.98. The summed E-state index contributed by atoms with van der Waals surface area (Å²) >= 11 is 0. The number of aromatic nitrogens is 2. The lowest BCUT2D eigenvalue weighted by Gasteiger charge is -2.08. The Labute approximate surface area is 130 Å². The first-order chi connectivity index (χ1) is 10.4. The number of rotatable bonds is 6. The summed E-state index contributed by atoms with van der Waals surface area (Å²) in [4.78, 5) is 13.9. The summed E-state index contributed by atoms with van der Waals surface area (Å²) in [6.07, 6.45) is 0. The molecule has 0 saturated carbocycles. The van der Waals surface area contributed by atoms with E-state index in [2.05, 4.69) is 15.5 Å². The molecular formula is C16H22N4O2. The molecular weight excluding hydrogens is 280 g/mol. The first-order valence-corrected chi connectivity index (χ1v) is 7.13. The molecule has 0 aliphatic rings. The fraction of sp³-hybridized carbons (Fsp3) is 0.375. The van der Waals surface area contributed by atoms with Gasteiger partial charge in [-0.25, -0.2) is 0 Å². The monoisotopic (exact) mass is 302 g/mol. The minimum absolute atomic E-state index is 0.0433. The van der Waals surface area contributed by atoms with Gasteiger partial charge in [-0.1, -0.05) is 6.07 Å². The Kier molecular flexibility index (Phi) is 5.16. The number of H-pyrrole nitrogens is 1. The van der Waals surface area contributed by atoms with E-state index in [9.17, 15) is 4.79 Å². The van der Waals surface area contributed by atoms with Gasteiger partial charge >= 0.3 is 0 Å². The van der Waals surface area contributed by atoms with Crippen LogP contribution >= 0.6 is 0 Å². The molecule has 0 atom stereocenters. The van der Waals surface area contributed by atoms with Gasteiger partial charge in [-0.3, -0.25) is 9.89 Å². The average molecular weight is 302 g/mol. The van der Waals surface area contributed by atoms with Crippen LogP contribution in [0.4, 0.5) is 5.82 Å². The highest BCUT2D eigenvalue weighted by Crippen LogP contribution is 2.16. The molecule has 2 rings (SSSR count). The Hall–Kier alpha value is -2.34. The highest BCUT2D eigenvalue weighted by atomic mass is 16.5. The van der Waals surface area contributed by atoms with Crippen molar-refractivity contribution in [3.8, 4) is 5.75 Å². The van der Waals surface area contributed by atoms with E-state index in [-0.39, 0.29) is 12.5 Å². The number of hydrogen-bond acceptors (Lipinski definition) is 4. The maximum atomic E-state index is 11.9. The Morgan fingerprint density at radius 3 is 2.73 bits per heavy atom. The minimum Gasteiger partial charge on any atom is -0.484 e. The second-order valence-electron chi connectivity index (χ2n) is 5.60. The molecule has 0 aliphatic heterocycles. The van der Waals surface area contributed by atoms with Gasteiger partial charge < -0.3 is 15.0 Å². The van der Waals surface area contributed by atoms with Crippen LogP contribution in [0.2, 0.25) is 0 Å². The summed E-state index contributed by atoms with van der Waals surface area (Å²) < 4.78 is 5.49. The standard InChI is InChI=1S/C16H22N4O2/c1-11-5-6-14(7-12(11)2)22-10-16(21)17-15-8-13(18-19-15)9-20(3)4/h5-8H,9-10H2,1-4H3,(H2,17,18,19,21). The van der Waals surface area contributed by atoms with Gasteiger partial charge in [0.1, 0.15) is 5.75 Å². The van der Waals surface area contributed by atoms with E-state index in [1.165, 1.54) is 5.56 Å². The van der Waals surface area contributed by atoms with Gasteiger partial charge in [-0.2, -0.15) is 5.10 Å². The van der Waals surface area contributed by atoms with Crippen molar-refractivity contribution in [3.05, 3.63) is 41.1 Å². The van der Waals surface area contributed by atoms with Crippen LogP contribution in [0.1, 0.15) is 16.8 Å². The predicted octanol–water partition coefficient (Wildman–Crippen LogP) is 2.11. The van der Waals surface area contributed by atoms with Crippen molar-refractivity contribution in [3.63, 3.8) is 0 Å². The highest BCUT2D eigenvalue weighted by molar-refractivity contribution is 5.90. The van der Waals surface area contributed by atoms with Gasteiger partial charge in [-0.05, 0) is 51.2 Å². The van der Waals surface area contributed by atoms with Crippen molar-refractivity contribution < 1.29 is 9.53 Å². The molecule has 0 aliphatic carbocycles. The predicted molar refractivity (Wildman–Crippen MR) is 86.0 cm³/mol. The Balaban J connectivity index is 1.84. The first kappa shape index (κ1) is 16.0. The molecule has 1 aromatic carbocycles. The molecule has 22 heavy (non-hydrogen) atoms. The molecule has 6 heteroatoms. The van der Waals surface area contributed by atoms with Gasteiger partial charge in [-0.15, -0.1) is 0 Å². The van der Waals surface area contributed by atoms with E-state index in [0.717, 1.165) is 17.8 Å². The van der Waals surface area contributed by atoms with Crippen molar-refractivity contribution in [2.75, 3.05) is 26.0 Å². The molecule has 0 spiro atoms. The molecule has 2 aromatic rings. The Morgan fingerprint density at radius 1 is 1.27 bits per heavy atom. The summed E-state index contributed by atoms with van der Waals surface area (Å²) in [5.74, 6) is 0.959. The van der Waals surface area contributed by atoms with E-state index in [0.29, 0.717) is 11.6 Å². The van der Waals surface area contributed by atoms with E-state index >= 15 is 0 Å². The third kappa shape index (κ3) is 4.60. The average Bonchev–Trinajstić information content (AvgIpc) is 2.86. The van der Waals surface area contributed by atoms with E-state index < -0.39 is 0 Å². The van der Waals surface area contributed by atoms with Gasteiger partial charge in [0.2, 0.25) is 0 Å². The molecule has 6 nitrogen and oxygen atoms in total. The fourth-order valence-corrected chi connectivity index (χ4v) is 1.98. The van der Waals surface area contributed by atoms with Crippen LogP contribution in [0, 0.1) is 13.8 Å². The van der Waals surface area contributed by atoms with Crippen LogP contribution in [-0.4, -0.2) is 41.7 Å². The van der Waals surface area contributed by atoms with E-state index in [1.807, 2.05) is 57.1 Å². The van der Waals surface area contributed by atoms with E-state index in [1.54, 1.807) is 0 Å².